The van der Waals surface area contributed by atoms with Crippen molar-refractivity contribution in [1.82, 2.24) is 19.6 Å². The average Bonchev–Trinajstić information content (AvgIpc) is 2.85. The number of hydrogen-bond acceptors (Lipinski definition) is 8. The fourth-order valence-electron chi connectivity index (χ4n) is 3.78. The minimum absolute atomic E-state index is 0.0284. The van der Waals surface area contributed by atoms with E-state index in [0.29, 0.717) is 5.95 Å². The molecule has 1 aliphatic rings. The molecule has 190 valence electrons. The van der Waals surface area contributed by atoms with Gasteiger partial charge in [0.2, 0.25) is 11.9 Å². The zero-order valence-corrected chi connectivity index (χ0v) is 22.4. The first kappa shape index (κ1) is 25.8. The standard InChI is InChI=1S/C27H35N7OS/c1-19-18-28-26(31-25(19)29-22-7-6-8-24(17-22)36-32-27(3,4)5)30-21-9-11-23(12-10-21)34-15-13-33(14-16-34)20(2)35/h6-12,17-18,32H,13-16H2,1-5H3,(H2,28,29,30,31). The average molecular weight is 506 g/mol. The number of aromatic nitrogens is 2. The predicted molar refractivity (Wildman–Crippen MR) is 149 cm³/mol. The second-order valence-corrected chi connectivity index (χ2v) is 10.9. The van der Waals surface area contributed by atoms with Crippen molar-refractivity contribution < 1.29 is 4.79 Å². The van der Waals surface area contributed by atoms with E-state index >= 15 is 0 Å². The van der Waals surface area contributed by atoms with E-state index in [-0.39, 0.29) is 11.4 Å². The number of piperazine rings is 1. The third-order valence-electron chi connectivity index (χ3n) is 5.76. The highest BCUT2D eigenvalue weighted by Gasteiger charge is 2.18. The van der Waals surface area contributed by atoms with Gasteiger partial charge in [-0.2, -0.15) is 4.98 Å². The number of hydrogen-bond donors (Lipinski definition) is 3. The highest BCUT2D eigenvalue weighted by molar-refractivity contribution is 7.97. The Labute approximate surface area is 218 Å². The topological polar surface area (TPSA) is 85.4 Å². The van der Waals surface area contributed by atoms with Crippen molar-refractivity contribution in [3.63, 3.8) is 0 Å². The number of carbonyl (C=O) groups is 1. The van der Waals surface area contributed by atoms with Crippen molar-refractivity contribution in [3.05, 3.63) is 60.3 Å². The van der Waals surface area contributed by atoms with E-state index in [1.807, 2.05) is 42.3 Å². The largest absolute Gasteiger partial charge is 0.368 e. The summed E-state index contributed by atoms with van der Waals surface area (Å²) in [6, 6.07) is 16.5. The van der Waals surface area contributed by atoms with Crippen molar-refractivity contribution in [1.29, 1.82) is 0 Å². The van der Waals surface area contributed by atoms with Crippen LogP contribution in [0.5, 0.6) is 0 Å². The zero-order valence-electron chi connectivity index (χ0n) is 21.6. The van der Waals surface area contributed by atoms with Gasteiger partial charge in [0.1, 0.15) is 5.82 Å². The Morgan fingerprint density at radius 2 is 1.69 bits per heavy atom. The molecule has 1 saturated heterocycles. The fraction of sp³-hybridized carbons (Fsp3) is 0.370. The van der Waals surface area contributed by atoms with E-state index in [1.165, 1.54) is 0 Å². The molecule has 2 aromatic carbocycles. The van der Waals surface area contributed by atoms with Crippen LogP contribution in [0.15, 0.2) is 59.6 Å². The van der Waals surface area contributed by atoms with Crippen LogP contribution in [-0.4, -0.2) is 52.5 Å². The van der Waals surface area contributed by atoms with Gasteiger partial charge in [-0.05, 0) is 82.1 Å². The first-order valence-electron chi connectivity index (χ1n) is 12.2. The van der Waals surface area contributed by atoms with Crippen LogP contribution >= 0.6 is 11.9 Å². The normalized spacial score (nSPS) is 14.0. The van der Waals surface area contributed by atoms with E-state index in [9.17, 15) is 4.79 Å². The van der Waals surface area contributed by atoms with E-state index in [1.54, 1.807) is 18.9 Å². The second kappa shape index (κ2) is 11.2. The van der Waals surface area contributed by atoms with Crippen molar-refractivity contribution in [2.45, 2.75) is 45.1 Å². The number of carbonyl (C=O) groups excluding carboxylic acids is 1. The predicted octanol–water partition coefficient (Wildman–Crippen LogP) is 5.34. The highest BCUT2D eigenvalue weighted by atomic mass is 32.2. The Bertz CT molecular complexity index is 1190. The van der Waals surface area contributed by atoms with Gasteiger partial charge >= 0.3 is 0 Å². The molecule has 0 radical (unpaired) electrons. The van der Waals surface area contributed by atoms with E-state index in [0.717, 1.165) is 59.5 Å². The van der Waals surface area contributed by atoms with Crippen LogP contribution in [0.25, 0.3) is 0 Å². The fourth-order valence-corrected chi connectivity index (χ4v) is 4.54. The first-order chi connectivity index (χ1) is 17.2. The molecule has 1 fully saturated rings. The second-order valence-electron chi connectivity index (χ2n) is 10.00. The number of nitrogens with one attached hydrogen (secondary N) is 3. The lowest BCUT2D eigenvalue weighted by atomic mass is 10.1. The molecule has 8 nitrogen and oxygen atoms in total. The maximum atomic E-state index is 11.6. The molecule has 0 saturated carbocycles. The SMILES string of the molecule is CC(=O)N1CCN(c2ccc(Nc3ncc(C)c(Nc4cccc(SNC(C)(C)C)c4)n3)cc2)CC1. The van der Waals surface area contributed by atoms with Gasteiger partial charge in [0, 0.05) is 72.4 Å². The minimum atomic E-state index is 0.0284. The van der Waals surface area contributed by atoms with Gasteiger partial charge in [0.15, 0.2) is 0 Å². The lowest BCUT2D eigenvalue weighted by molar-refractivity contribution is -0.129. The molecule has 9 heteroatoms. The van der Waals surface area contributed by atoms with Crippen LogP contribution in [0.4, 0.5) is 28.8 Å². The summed E-state index contributed by atoms with van der Waals surface area (Å²) in [6.07, 6.45) is 1.82. The summed E-state index contributed by atoms with van der Waals surface area (Å²) in [6.45, 7) is 13.3. The molecule has 2 heterocycles. The van der Waals surface area contributed by atoms with Crippen LogP contribution in [0.1, 0.15) is 33.3 Å². The quantitative estimate of drug-likeness (QED) is 0.371. The Morgan fingerprint density at radius 3 is 2.36 bits per heavy atom. The Balaban J connectivity index is 1.39. The van der Waals surface area contributed by atoms with Gasteiger partial charge in [-0.15, -0.1) is 0 Å². The molecule has 0 aliphatic carbocycles. The minimum Gasteiger partial charge on any atom is -0.368 e. The van der Waals surface area contributed by atoms with Crippen molar-refractivity contribution in [3.8, 4) is 0 Å². The number of anilines is 5. The summed E-state index contributed by atoms with van der Waals surface area (Å²) >= 11 is 1.62. The Hall–Kier alpha value is -3.30. The van der Waals surface area contributed by atoms with Crippen molar-refractivity contribution in [2.24, 2.45) is 0 Å². The molecule has 1 amide bonds. The molecule has 1 aliphatic heterocycles. The van der Waals surface area contributed by atoms with Crippen LogP contribution in [-0.2, 0) is 4.79 Å². The molecule has 0 bridgehead atoms. The molecule has 1 aromatic heterocycles. The van der Waals surface area contributed by atoms with E-state index in [4.69, 9.17) is 4.98 Å². The van der Waals surface area contributed by atoms with E-state index in [2.05, 4.69) is 70.3 Å². The van der Waals surface area contributed by atoms with Gasteiger partial charge in [0.25, 0.3) is 0 Å². The lowest BCUT2D eigenvalue weighted by Gasteiger charge is -2.35. The molecule has 3 aromatic rings. The number of rotatable bonds is 7. The summed E-state index contributed by atoms with van der Waals surface area (Å²) in [5, 5.41) is 6.74. The first-order valence-corrected chi connectivity index (χ1v) is 13.0. The number of nitrogens with zero attached hydrogens (tertiary/aromatic N) is 4. The third kappa shape index (κ3) is 7.11. The van der Waals surface area contributed by atoms with Gasteiger partial charge in [0.05, 0.1) is 0 Å². The van der Waals surface area contributed by atoms with Crippen molar-refractivity contribution >= 4 is 46.7 Å². The Kier molecular flexibility index (Phi) is 8.01. The summed E-state index contributed by atoms with van der Waals surface area (Å²) in [5.41, 5.74) is 4.03. The molecule has 0 atom stereocenters. The zero-order chi connectivity index (χ0) is 25.7. The summed E-state index contributed by atoms with van der Waals surface area (Å²) in [5.74, 6) is 1.44. The highest BCUT2D eigenvalue weighted by Crippen LogP contribution is 2.26. The maximum Gasteiger partial charge on any atom is 0.229 e. The summed E-state index contributed by atoms with van der Waals surface area (Å²) in [4.78, 5) is 26.1. The van der Waals surface area contributed by atoms with Crippen molar-refractivity contribution in [2.75, 3.05) is 41.7 Å². The number of amides is 1. The summed E-state index contributed by atoms with van der Waals surface area (Å²) < 4.78 is 3.44. The molecule has 3 N–H and O–H groups in total. The van der Waals surface area contributed by atoms with E-state index < -0.39 is 0 Å². The Morgan fingerprint density at radius 1 is 0.972 bits per heavy atom. The molecular formula is C27H35N7OS. The lowest BCUT2D eigenvalue weighted by Crippen LogP contribution is -2.48. The molecule has 0 unspecified atom stereocenters. The molecule has 0 spiro atoms. The smallest absolute Gasteiger partial charge is 0.229 e. The van der Waals surface area contributed by atoms with Crippen LogP contribution in [0, 0.1) is 6.92 Å². The van der Waals surface area contributed by atoms with Crippen LogP contribution in [0.3, 0.4) is 0 Å². The van der Waals surface area contributed by atoms with Crippen LogP contribution in [0.2, 0.25) is 0 Å². The molecule has 36 heavy (non-hydrogen) atoms. The van der Waals surface area contributed by atoms with Crippen LogP contribution < -0.4 is 20.3 Å². The number of benzene rings is 2. The monoisotopic (exact) mass is 505 g/mol. The third-order valence-corrected chi connectivity index (χ3v) is 6.96. The molecule has 4 rings (SSSR count). The van der Waals surface area contributed by atoms with Gasteiger partial charge in [-0.3, -0.25) is 9.52 Å². The maximum absolute atomic E-state index is 11.6. The molecular weight excluding hydrogens is 470 g/mol. The van der Waals surface area contributed by atoms with Gasteiger partial charge in [-0.1, -0.05) is 6.07 Å². The number of aryl methyl sites for hydroxylation is 1. The van der Waals surface area contributed by atoms with Gasteiger partial charge < -0.3 is 20.4 Å². The summed E-state index contributed by atoms with van der Waals surface area (Å²) in [7, 11) is 0. The van der Waals surface area contributed by atoms with Gasteiger partial charge in [-0.25, -0.2) is 4.98 Å².